The Morgan fingerprint density at radius 1 is 1.41 bits per heavy atom. The highest BCUT2D eigenvalue weighted by Gasteiger charge is 2.41. The molecular weight excluding hydrogens is 238 g/mol. The van der Waals surface area contributed by atoms with E-state index in [9.17, 15) is 0 Å². The van der Waals surface area contributed by atoms with Crippen molar-refractivity contribution in [3.8, 4) is 5.75 Å². The molecule has 2 heterocycles. The summed E-state index contributed by atoms with van der Waals surface area (Å²) in [4.78, 5) is 0. The van der Waals surface area contributed by atoms with Crippen LogP contribution < -0.4 is 10.5 Å². The lowest BCUT2D eigenvalue weighted by atomic mass is 9.84. The van der Waals surface area contributed by atoms with Crippen molar-refractivity contribution in [1.82, 2.24) is 0 Å². The molecule has 2 atom stereocenters. The van der Waals surface area contributed by atoms with Gasteiger partial charge in [-0.25, -0.2) is 0 Å². The predicted molar refractivity (Wildman–Crippen MR) is 66.4 cm³/mol. The average molecular weight is 254 g/mol. The maximum Gasteiger partial charge on any atom is 0.134 e. The highest BCUT2D eigenvalue weighted by atomic mass is 35.5. The zero-order chi connectivity index (χ0) is 11.9. The summed E-state index contributed by atoms with van der Waals surface area (Å²) < 4.78 is 11.7. The summed E-state index contributed by atoms with van der Waals surface area (Å²) >= 11 is 5.98. The van der Waals surface area contributed by atoms with E-state index in [4.69, 9.17) is 26.8 Å². The zero-order valence-corrected chi connectivity index (χ0v) is 10.4. The molecule has 1 aromatic rings. The maximum absolute atomic E-state index is 6.23. The van der Waals surface area contributed by atoms with Gasteiger partial charge in [0.05, 0.1) is 6.61 Å². The molecule has 2 aliphatic rings. The normalized spacial score (nSPS) is 32.0. The van der Waals surface area contributed by atoms with Crippen molar-refractivity contribution >= 4 is 11.6 Å². The van der Waals surface area contributed by atoms with E-state index >= 15 is 0 Å². The van der Waals surface area contributed by atoms with E-state index < -0.39 is 0 Å². The van der Waals surface area contributed by atoms with Crippen LogP contribution >= 0.6 is 11.6 Å². The van der Waals surface area contributed by atoms with Crippen molar-refractivity contribution in [2.75, 3.05) is 13.2 Å². The van der Waals surface area contributed by atoms with Gasteiger partial charge in [-0.1, -0.05) is 11.6 Å². The van der Waals surface area contributed by atoms with Gasteiger partial charge in [0.1, 0.15) is 11.4 Å². The first-order valence-electron chi connectivity index (χ1n) is 6.00. The van der Waals surface area contributed by atoms with Crippen molar-refractivity contribution < 1.29 is 9.47 Å². The quantitative estimate of drug-likeness (QED) is 0.773. The fourth-order valence-corrected chi connectivity index (χ4v) is 2.94. The van der Waals surface area contributed by atoms with Gasteiger partial charge in [0.15, 0.2) is 0 Å². The first-order valence-corrected chi connectivity index (χ1v) is 6.38. The standard InChI is InChI=1S/C13H16ClNO2/c14-9-2-3-12-10(6-9)11(15)7-13(17-12)4-1-5-16-8-13/h2-3,6,11H,1,4-5,7-8,15H2. The van der Waals surface area contributed by atoms with Crippen molar-refractivity contribution in [2.24, 2.45) is 5.73 Å². The molecular formula is C13H16ClNO2. The molecule has 1 fully saturated rings. The Kier molecular flexibility index (Phi) is 2.77. The summed E-state index contributed by atoms with van der Waals surface area (Å²) in [6.45, 7) is 1.47. The van der Waals surface area contributed by atoms with E-state index in [1.807, 2.05) is 18.2 Å². The molecule has 2 aliphatic heterocycles. The van der Waals surface area contributed by atoms with Crippen molar-refractivity contribution in [1.29, 1.82) is 0 Å². The van der Waals surface area contributed by atoms with Gasteiger partial charge >= 0.3 is 0 Å². The molecule has 1 saturated heterocycles. The fourth-order valence-electron chi connectivity index (χ4n) is 2.76. The van der Waals surface area contributed by atoms with Gasteiger partial charge < -0.3 is 15.2 Å². The molecule has 2 unspecified atom stereocenters. The van der Waals surface area contributed by atoms with E-state index in [2.05, 4.69) is 0 Å². The summed E-state index contributed by atoms with van der Waals surface area (Å²) in [6.07, 6.45) is 2.86. The smallest absolute Gasteiger partial charge is 0.134 e. The Morgan fingerprint density at radius 3 is 3.06 bits per heavy atom. The first kappa shape index (κ1) is 11.3. The average Bonchev–Trinajstić information content (AvgIpc) is 2.31. The van der Waals surface area contributed by atoms with Crippen LogP contribution in [-0.4, -0.2) is 18.8 Å². The summed E-state index contributed by atoms with van der Waals surface area (Å²) in [7, 11) is 0. The van der Waals surface area contributed by atoms with Crippen LogP contribution in [0.1, 0.15) is 30.9 Å². The SMILES string of the molecule is NC1CC2(CCCOC2)Oc2ccc(Cl)cc21. The van der Waals surface area contributed by atoms with Crippen LogP contribution in [0.4, 0.5) is 0 Å². The van der Waals surface area contributed by atoms with Gasteiger partial charge in [0.2, 0.25) is 0 Å². The molecule has 92 valence electrons. The molecule has 0 radical (unpaired) electrons. The van der Waals surface area contributed by atoms with Crippen molar-refractivity contribution in [2.45, 2.75) is 30.9 Å². The monoisotopic (exact) mass is 253 g/mol. The van der Waals surface area contributed by atoms with Gasteiger partial charge in [-0.3, -0.25) is 0 Å². The highest BCUT2D eigenvalue weighted by Crippen LogP contribution is 2.42. The third-order valence-corrected chi connectivity index (χ3v) is 3.81. The van der Waals surface area contributed by atoms with Crippen molar-refractivity contribution in [3.05, 3.63) is 28.8 Å². The van der Waals surface area contributed by atoms with E-state index in [1.54, 1.807) is 0 Å². The van der Waals surface area contributed by atoms with Crippen LogP contribution in [0.15, 0.2) is 18.2 Å². The number of ether oxygens (including phenoxy) is 2. The lowest BCUT2D eigenvalue weighted by Gasteiger charge is -2.43. The van der Waals surface area contributed by atoms with Gasteiger partial charge in [0.25, 0.3) is 0 Å². The third-order valence-electron chi connectivity index (χ3n) is 3.58. The minimum Gasteiger partial charge on any atom is -0.484 e. The van der Waals surface area contributed by atoms with Crippen LogP contribution in [-0.2, 0) is 4.74 Å². The van der Waals surface area contributed by atoms with Crippen LogP contribution in [0.5, 0.6) is 5.75 Å². The number of fused-ring (bicyclic) bond motifs is 1. The van der Waals surface area contributed by atoms with E-state index in [0.29, 0.717) is 11.6 Å². The second-order valence-corrected chi connectivity index (χ2v) is 5.37. The molecule has 0 aromatic heterocycles. The molecule has 1 aromatic carbocycles. The first-order chi connectivity index (χ1) is 8.19. The van der Waals surface area contributed by atoms with E-state index in [0.717, 1.165) is 37.2 Å². The Bertz CT molecular complexity index is 429. The summed E-state index contributed by atoms with van der Waals surface area (Å²) in [6, 6.07) is 5.64. The van der Waals surface area contributed by atoms with E-state index in [-0.39, 0.29) is 11.6 Å². The topological polar surface area (TPSA) is 44.5 Å². The van der Waals surface area contributed by atoms with Crippen LogP contribution in [0.2, 0.25) is 5.02 Å². The van der Waals surface area contributed by atoms with Gasteiger partial charge in [-0.05, 0) is 31.0 Å². The minimum atomic E-state index is -0.224. The summed E-state index contributed by atoms with van der Waals surface area (Å²) in [5, 5.41) is 0.707. The lowest BCUT2D eigenvalue weighted by molar-refractivity contribution is -0.0833. The second kappa shape index (κ2) is 4.16. The van der Waals surface area contributed by atoms with Gasteiger partial charge in [-0.15, -0.1) is 0 Å². The van der Waals surface area contributed by atoms with E-state index in [1.165, 1.54) is 0 Å². The second-order valence-electron chi connectivity index (χ2n) is 4.93. The Hall–Kier alpha value is -0.770. The number of hydrogen-bond acceptors (Lipinski definition) is 3. The van der Waals surface area contributed by atoms with Crippen LogP contribution in [0, 0.1) is 0 Å². The number of halogens is 1. The molecule has 3 nitrogen and oxygen atoms in total. The summed E-state index contributed by atoms with van der Waals surface area (Å²) in [5.74, 6) is 0.860. The predicted octanol–water partition coefficient (Wildman–Crippen LogP) is 2.67. The van der Waals surface area contributed by atoms with Crippen LogP contribution in [0.3, 0.4) is 0 Å². The molecule has 17 heavy (non-hydrogen) atoms. The zero-order valence-electron chi connectivity index (χ0n) is 9.62. The van der Waals surface area contributed by atoms with Crippen LogP contribution in [0.25, 0.3) is 0 Å². The van der Waals surface area contributed by atoms with Crippen molar-refractivity contribution in [3.63, 3.8) is 0 Å². The molecule has 0 amide bonds. The number of hydrogen-bond donors (Lipinski definition) is 1. The lowest BCUT2D eigenvalue weighted by Crippen LogP contribution is -2.49. The number of rotatable bonds is 0. The molecule has 0 saturated carbocycles. The fraction of sp³-hybridized carbons (Fsp3) is 0.538. The molecule has 2 N–H and O–H groups in total. The number of benzene rings is 1. The highest BCUT2D eigenvalue weighted by molar-refractivity contribution is 6.30. The number of nitrogens with two attached hydrogens (primary N) is 1. The third kappa shape index (κ3) is 2.03. The molecule has 0 bridgehead atoms. The molecule has 1 spiro atoms. The molecule has 4 heteroatoms. The maximum atomic E-state index is 6.23. The minimum absolute atomic E-state index is 0.0147. The van der Waals surface area contributed by atoms with Gasteiger partial charge in [-0.2, -0.15) is 0 Å². The Labute approximate surface area is 106 Å². The molecule has 3 rings (SSSR count). The Morgan fingerprint density at radius 2 is 2.29 bits per heavy atom. The Balaban J connectivity index is 1.94. The largest absolute Gasteiger partial charge is 0.484 e. The van der Waals surface area contributed by atoms with Gasteiger partial charge in [0, 0.05) is 29.7 Å². The molecule has 0 aliphatic carbocycles. The summed E-state index contributed by atoms with van der Waals surface area (Å²) in [5.41, 5.74) is 7.01.